The predicted octanol–water partition coefficient (Wildman–Crippen LogP) is 12.1. The molecule has 0 heterocycles. The van der Waals surface area contributed by atoms with Crippen molar-refractivity contribution in [1.29, 1.82) is 0 Å². The third-order valence-electron chi connectivity index (χ3n) is 6.13. The van der Waals surface area contributed by atoms with E-state index in [9.17, 15) is 0 Å². The van der Waals surface area contributed by atoms with Crippen LogP contribution >= 0.6 is 12.6 Å². The van der Waals surface area contributed by atoms with Gasteiger partial charge in [-0.15, -0.1) is 25.8 Å². The highest BCUT2D eigenvalue weighted by Crippen LogP contribution is 2.17. The SMILES string of the molecule is C=C.C=C/C=C\Cc1ccc(C(=NCc2ccc(/C(C)=C/CC/C=C\C)cc2)NC(=NC)C(=C)/C=C(S)\C=C/C)cc1.CC.CC. The number of allylic oxidation sites excluding steroid dienone is 9. The Kier molecular flexibility index (Phi) is 28.3. The summed E-state index contributed by atoms with van der Waals surface area (Å²) < 4.78 is 0. The van der Waals surface area contributed by atoms with Gasteiger partial charge < -0.3 is 5.32 Å². The summed E-state index contributed by atoms with van der Waals surface area (Å²) in [5.41, 5.74) is 6.58. The zero-order valence-electron chi connectivity index (χ0n) is 29.8. The molecule has 3 nitrogen and oxygen atoms in total. The highest BCUT2D eigenvalue weighted by atomic mass is 32.1. The monoisotopic (exact) mass is 637 g/mol. The van der Waals surface area contributed by atoms with Crippen LogP contribution in [0.3, 0.4) is 0 Å². The number of unbranched alkanes of at least 4 members (excludes halogenated alkanes) is 1. The minimum atomic E-state index is 0.534. The van der Waals surface area contributed by atoms with Gasteiger partial charge in [0.05, 0.1) is 6.54 Å². The van der Waals surface area contributed by atoms with Gasteiger partial charge in [0.15, 0.2) is 0 Å². The maximum Gasteiger partial charge on any atom is 0.134 e. The van der Waals surface area contributed by atoms with Crippen LogP contribution in [0.15, 0.2) is 150 Å². The second kappa shape index (κ2) is 29.6. The second-order valence-corrected chi connectivity index (χ2v) is 9.77. The van der Waals surface area contributed by atoms with Gasteiger partial charge in [-0.2, -0.15) is 0 Å². The summed E-state index contributed by atoms with van der Waals surface area (Å²) in [5.74, 6) is 1.38. The van der Waals surface area contributed by atoms with Gasteiger partial charge in [-0.05, 0) is 68.4 Å². The summed E-state index contributed by atoms with van der Waals surface area (Å²) in [5, 5.41) is 3.43. The summed E-state index contributed by atoms with van der Waals surface area (Å²) in [6.45, 7) is 28.6. The maximum atomic E-state index is 4.98. The van der Waals surface area contributed by atoms with Gasteiger partial charge >= 0.3 is 0 Å². The zero-order chi connectivity index (χ0) is 35.2. The average Bonchev–Trinajstić information content (AvgIpc) is 3.10. The first kappa shape index (κ1) is 44.0. The van der Waals surface area contributed by atoms with Crippen LogP contribution in [0.2, 0.25) is 0 Å². The third kappa shape index (κ3) is 18.6. The van der Waals surface area contributed by atoms with E-state index in [1.807, 2.05) is 58.9 Å². The summed E-state index contributed by atoms with van der Waals surface area (Å²) in [6.07, 6.45) is 21.1. The minimum Gasteiger partial charge on any atom is -0.325 e. The Bertz CT molecular complexity index is 1330. The largest absolute Gasteiger partial charge is 0.325 e. The van der Waals surface area contributed by atoms with Crippen molar-refractivity contribution < 1.29 is 0 Å². The van der Waals surface area contributed by atoms with Crippen molar-refractivity contribution in [1.82, 2.24) is 5.32 Å². The molecule has 0 aromatic heterocycles. The number of thiol groups is 1. The molecule has 4 heteroatoms. The molecule has 0 atom stereocenters. The van der Waals surface area contributed by atoms with Crippen molar-refractivity contribution >= 4 is 29.9 Å². The van der Waals surface area contributed by atoms with Gasteiger partial charge in [-0.3, -0.25) is 9.98 Å². The van der Waals surface area contributed by atoms with E-state index in [0.29, 0.717) is 12.4 Å². The van der Waals surface area contributed by atoms with E-state index in [1.165, 1.54) is 16.7 Å². The van der Waals surface area contributed by atoms with Crippen molar-refractivity contribution in [2.45, 2.75) is 74.3 Å². The van der Waals surface area contributed by atoms with Gasteiger partial charge in [-0.1, -0.05) is 138 Å². The number of aliphatic imine (C=N–C) groups is 2. The number of hydrogen-bond donors (Lipinski definition) is 2. The van der Waals surface area contributed by atoms with Crippen molar-refractivity contribution in [3.05, 3.63) is 162 Å². The summed E-state index contributed by atoms with van der Waals surface area (Å²) in [6, 6.07) is 17.1. The number of hydrogen-bond acceptors (Lipinski definition) is 3. The molecule has 0 saturated heterocycles. The Morgan fingerprint density at radius 2 is 1.43 bits per heavy atom. The summed E-state index contributed by atoms with van der Waals surface area (Å²) in [7, 11) is 1.75. The maximum absolute atomic E-state index is 4.98. The molecule has 2 aromatic rings. The molecule has 1 N–H and O–H groups in total. The number of amidine groups is 2. The molecule has 0 fully saturated rings. The molecular weight excluding hydrogens is 579 g/mol. The van der Waals surface area contributed by atoms with Crippen LogP contribution in [0, 0.1) is 0 Å². The van der Waals surface area contributed by atoms with Crippen molar-refractivity contribution in [3.63, 3.8) is 0 Å². The Hall–Kier alpha value is -4.15. The molecule has 0 saturated carbocycles. The van der Waals surface area contributed by atoms with Crippen LogP contribution in [0.25, 0.3) is 5.57 Å². The van der Waals surface area contributed by atoms with Crippen molar-refractivity contribution in [3.8, 4) is 0 Å². The van der Waals surface area contributed by atoms with E-state index in [4.69, 9.17) is 4.99 Å². The lowest BCUT2D eigenvalue weighted by Crippen LogP contribution is -2.32. The average molecular weight is 638 g/mol. The Labute approximate surface area is 287 Å². The highest BCUT2D eigenvalue weighted by Gasteiger charge is 2.10. The molecule has 248 valence electrons. The van der Waals surface area contributed by atoms with Crippen LogP contribution in [-0.2, 0) is 13.0 Å². The lowest BCUT2D eigenvalue weighted by Gasteiger charge is -2.14. The fourth-order valence-corrected chi connectivity index (χ4v) is 4.19. The summed E-state index contributed by atoms with van der Waals surface area (Å²) >= 11 is 4.51. The molecule has 0 aliphatic rings. The van der Waals surface area contributed by atoms with Crippen LogP contribution in [0.4, 0.5) is 0 Å². The Morgan fingerprint density at radius 1 is 0.848 bits per heavy atom. The molecule has 46 heavy (non-hydrogen) atoms. The second-order valence-electron chi connectivity index (χ2n) is 9.25. The van der Waals surface area contributed by atoms with E-state index >= 15 is 0 Å². The Morgan fingerprint density at radius 3 is 1.98 bits per heavy atom. The van der Waals surface area contributed by atoms with E-state index in [-0.39, 0.29) is 0 Å². The van der Waals surface area contributed by atoms with Crippen LogP contribution in [-0.4, -0.2) is 18.7 Å². The van der Waals surface area contributed by atoms with Gasteiger partial charge in [0.2, 0.25) is 0 Å². The molecule has 0 unspecified atom stereocenters. The predicted molar refractivity (Wildman–Crippen MR) is 215 cm³/mol. The van der Waals surface area contributed by atoms with Gasteiger partial charge in [0.1, 0.15) is 11.7 Å². The van der Waals surface area contributed by atoms with E-state index in [2.05, 4.69) is 136 Å². The molecule has 0 amide bonds. The number of nitrogens with one attached hydrogen (secondary N) is 1. The first-order chi connectivity index (χ1) is 22.4. The van der Waals surface area contributed by atoms with E-state index in [0.717, 1.165) is 46.7 Å². The van der Waals surface area contributed by atoms with E-state index < -0.39 is 0 Å². The fourth-order valence-electron chi connectivity index (χ4n) is 3.88. The molecule has 0 aliphatic carbocycles. The lowest BCUT2D eigenvalue weighted by atomic mass is 10.0. The highest BCUT2D eigenvalue weighted by molar-refractivity contribution is 7.84. The van der Waals surface area contributed by atoms with E-state index in [1.54, 1.807) is 13.1 Å². The molecule has 0 bridgehead atoms. The standard InChI is InChI=1S/C36H43N3S.2C2H6.C2H4/c1-7-10-12-14-16-28(4)32-22-20-31(21-23-32)27-38-36(33-24-18-30(19-25-33)17-13-11-8-2)39-35(37-6)29(5)26-34(40)15-9-3;3*1-2/h7-11,13,15-16,18-26,40H,2,5,12,14,17,27H2,1,3-4,6H3,(H,37,38,39);2*1-2H3;1-2H2/b10-7-,13-11-,15-9-,28-16+,34-26+;;;. The molecule has 0 radical (unpaired) electrons. The molecule has 0 spiro atoms. The number of nitrogens with zero attached hydrogens (tertiary/aromatic N) is 2. The molecular formula is C42H59N3S. The van der Waals surface area contributed by atoms with Gasteiger partial charge in [0, 0.05) is 23.1 Å². The molecule has 2 rings (SSSR count). The first-order valence-corrected chi connectivity index (χ1v) is 16.6. The minimum absolute atomic E-state index is 0.534. The van der Waals surface area contributed by atoms with Crippen LogP contribution < -0.4 is 5.32 Å². The van der Waals surface area contributed by atoms with Crippen LogP contribution in [0.1, 0.15) is 83.6 Å². The van der Waals surface area contributed by atoms with Crippen molar-refractivity contribution in [2.75, 3.05) is 7.05 Å². The number of rotatable bonds is 13. The van der Waals surface area contributed by atoms with Gasteiger partial charge in [-0.25, -0.2) is 0 Å². The summed E-state index contributed by atoms with van der Waals surface area (Å²) in [4.78, 5) is 10.2. The Balaban J connectivity index is 0. The quantitative estimate of drug-likeness (QED) is 0.0562. The molecule has 0 aliphatic heterocycles. The van der Waals surface area contributed by atoms with Gasteiger partial charge in [0.25, 0.3) is 0 Å². The smallest absolute Gasteiger partial charge is 0.134 e. The van der Waals surface area contributed by atoms with Crippen molar-refractivity contribution in [2.24, 2.45) is 9.98 Å². The topological polar surface area (TPSA) is 36.8 Å². The lowest BCUT2D eigenvalue weighted by molar-refractivity contribution is 1.04. The molecule has 2 aromatic carbocycles. The number of benzene rings is 2. The first-order valence-electron chi connectivity index (χ1n) is 16.2. The zero-order valence-corrected chi connectivity index (χ0v) is 30.7. The third-order valence-corrected chi connectivity index (χ3v) is 6.40. The van der Waals surface area contributed by atoms with Crippen LogP contribution in [0.5, 0.6) is 0 Å². The fraction of sp³-hybridized carbons (Fsp3) is 0.286. The normalized spacial score (nSPS) is 12.1.